The Morgan fingerprint density at radius 1 is 1.62 bits per heavy atom. The minimum absolute atomic E-state index is 0.191. The highest BCUT2D eigenvalue weighted by molar-refractivity contribution is 5.79. The van der Waals surface area contributed by atoms with Gasteiger partial charge in [-0.3, -0.25) is 4.79 Å². The predicted octanol–water partition coefficient (Wildman–Crippen LogP) is 1.71. The van der Waals surface area contributed by atoms with Crippen molar-refractivity contribution in [2.24, 2.45) is 5.92 Å². The highest BCUT2D eigenvalue weighted by atomic mass is 16.1. The number of hydrogen-bond acceptors (Lipinski definition) is 3. The number of piperidine rings is 1. The van der Waals surface area contributed by atoms with E-state index in [1.165, 1.54) is 0 Å². The maximum atomic E-state index is 11.4. The summed E-state index contributed by atoms with van der Waals surface area (Å²) < 4.78 is 2.13. The van der Waals surface area contributed by atoms with Gasteiger partial charge in [-0.1, -0.05) is 0 Å². The molecule has 1 aliphatic heterocycles. The number of imidazole rings is 1. The zero-order valence-corrected chi connectivity index (χ0v) is 10.0. The van der Waals surface area contributed by atoms with Crippen LogP contribution in [0.2, 0.25) is 0 Å². The van der Waals surface area contributed by atoms with Gasteiger partial charge >= 0.3 is 0 Å². The van der Waals surface area contributed by atoms with Crippen LogP contribution in [0, 0.1) is 5.92 Å². The third kappa shape index (κ3) is 2.10. The molecule has 1 fully saturated rings. The van der Waals surface area contributed by atoms with E-state index in [0.717, 1.165) is 38.4 Å². The Hall–Kier alpha value is -1.32. The summed E-state index contributed by atoms with van der Waals surface area (Å²) in [5.74, 6) is 1.50. The molecule has 1 aliphatic rings. The predicted molar refractivity (Wildman–Crippen MR) is 63.5 cm³/mol. The number of nitrogens with zero attached hydrogens (tertiary/aromatic N) is 3. The second kappa shape index (κ2) is 4.68. The Morgan fingerprint density at radius 3 is 3.12 bits per heavy atom. The van der Waals surface area contributed by atoms with E-state index in [1.807, 2.05) is 12.4 Å². The summed E-state index contributed by atoms with van der Waals surface area (Å²) >= 11 is 0. The van der Waals surface area contributed by atoms with Crippen molar-refractivity contribution < 1.29 is 4.79 Å². The molecule has 0 aromatic carbocycles. The molecule has 0 spiro atoms. The zero-order valence-electron chi connectivity index (χ0n) is 10.0. The summed E-state index contributed by atoms with van der Waals surface area (Å²) in [5, 5.41) is 0. The molecule has 4 nitrogen and oxygen atoms in total. The number of aromatic nitrogens is 2. The number of carbonyl (C=O) groups is 1. The second-order valence-corrected chi connectivity index (χ2v) is 4.41. The van der Waals surface area contributed by atoms with Gasteiger partial charge in [0.1, 0.15) is 5.78 Å². The summed E-state index contributed by atoms with van der Waals surface area (Å²) in [7, 11) is 0. The van der Waals surface area contributed by atoms with Crippen LogP contribution in [0.4, 0.5) is 5.95 Å². The molecule has 1 unspecified atom stereocenters. The molecule has 88 valence electrons. The van der Waals surface area contributed by atoms with Gasteiger partial charge in [0, 0.05) is 37.9 Å². The Balaban J connectivity index is 2.12. The van der Waals surface area contributed by atoms with Crippen molar-refractivity contribution in [1.82, 2.24) is 9.55 Å². The lowest BCUT2D eigenvalue weighted by molar-refractivity contribution is -0.120. The van der Waals surface area contributed by atoms with E-state index in [9.17, 15) is 4.79 Å². The molecule has 1 aromatic rings. The molecule has 1 saturated heterocycles. The van der Waals surface area contributed by atoms with Gasteiger partial charge in [0.05, 0.1) is 0 Å². The van der Waals surface area contributed by atoms with E-state index >= 15 is 0 Å². The summed E-state index contributed by atoms with van der Waals surface area (Å²) in [6, 6.07) is 0. The molecule has 16 heavy (non-hydrogen) atoms. The van der Waals surface area contributed by atoms with Crippen LogP contribution in [-0.2, 0) is 11.3 Å². The smallest absolute Gasteiger partial charge is 0.205 e. The van der Waals surface area contributed by atoms with Gasteiger partial charge in [-0.15, -0.1) is 0 Å². The van der Waals surface area contributed by atoms with E-state index in [4.69, 9.17) is 0 Å². The SMILES string of the molecule is CCn1ccnc1N1CCCC(C(C)=O)C1. The number of ketones is 1. The first-order valence-electron chi connectivity index (χ1n) is 5.99. The van der Waals surface area contributed by atoms with E-state index in [-0.39, 0.29) is 5.92 Å². The molecule has 1 atom stereocenters. The Kier molecular flexibility index (Phi) is 3.27. The zero-order chi connectivity index (χ0) is 11.5. The monoisotopic (exact) mass is 221 g/mol. The lowest BCUT2D eigenvalue weighted by atomic mass is 9.95. The van der Waals surface area contributed by atoms with Crippen LogP contribution in [0.3, 0.4) is 0 Å². The lowest BCUT2D eigenvalue weighted by Gasteiger charge is -2.32. The van der Waals surface area contributed by atoms with Crippen molar-refractivity contribution in [3.63, 3.8) is 0 Å². The van der Waals surface area contributed by atoms with Crippen LogP contribution in [0.15, 0.2) is 12.4 Å². The Labute approximate surface area is 96.3 Å². The molecule has 0 saturated carbocycles. The fourth-order valence-electron chi connectivity index (χ4n) is 2.32. The van der Waals surface area contributed by atoms with Crippen molar-refractivity contribution >= 4 is 11.7 Å². The van der Waals surface area contributed by atoms with Crippen molar-refractivity contribution in [3.05, 3.63) is 12.4 Å². The largest absolute Gasteiger partial charge is 0.342 e. The highest BCUT2D eigenvalue weighted by Crippen LogP contribution is 2.22. The van der Waals surface area contributed by atoms with E-state index in [0.29, 0.717) is 5.78 Å². The minimum Gasteiger partial charge on any atom is -0.342 e. The molecular weight excluding hydrogens is 202 g/mol. The molecule has 0 aliphatic carbocycles. The number of anilines is 1. The molecule has 0 radical (unpaired) electrons. The summed E-state index contributed by atoms with van der Waals surface area (Å²) in [6.07, 6.45) is 5.93. The second-order valence-electron chi connectivity index (χ2n) is 4.41. The van der Waals surface area contributed by atoms with Gasteiger partial charge in [0.2, 0.25) is 5.95 Å². The number of carbonyl (C=O) groups excluding carboxylic acids is 1. The third-order valence-corrected chi connectivity index (χ3v) is 3.31. The molecular formula is C12H19N3O. The van der Waals surface area contributed by atoms with Gasteiger partial charge in [-0.25, -0.2) is 4.98 Å². The van der Waals surface area contributed by atoms with Crippen molar-refractivity contribution in [1.29, 1.82) is 0 Å². The molecule has 1 aromatic heterocycles. The van der Waals surface area contributed by atoms with E-state index in [2.05, 4.69) is 21.4 Å². The van der Waals surface area contributed by atoms with Crippen LogP contribution in [0.5, 0.6) is 0 Å². The first-order chi connectivity index (χ1) is 7.72. The first-order valence-corrected chi connectivity index (χ1v) is 5.99. The van der Waals surface area contributed by atoms with Crippen LogP contribution >= 0.6 is 0 Å². The third-order valence-electron chi connectivity index (χ3n) is 3.31. The number of aryl methyl sites for hydroxylation is 1. The van der Waals surface area contributed by atoms with Gasteiger partial charge < -0.3 is 9.47 Å². The molecule has 4 heteroatoms. The molecule has 2 heterocycles. The maximum absolute atomic E-state index is 11.4. The molecule has 0 bridgehead atoms. The van der Waals surface area contributed by atoms with Gasteiger partial charge in [-0.05, 0) is 26.7 Å². The fraction of sp³-hybridized carbons (Fsp3) is 0.667. The topological polar surface area (TPSA) is 38.1 Å². The summed E-state index contributed by atoms with van der Waals surface area (Å²) in [6.45, 7) is 6.57. The van der Waals surface area contributed by atoms with Crippen molar-refractivity contribution in [2.75, 3.05) is 18.0 Å². The average molecular weight is 221 g/mol. The van der Waals surface area contributed by atoms with Crippen molar-refractivity contribution in [3.8, 4) is 0 Å². The van der Waals surface area contributed by atoms with E-state index in [1.54, 1.807) is 6.92 Å². The lowest BCUT2D eigenvalue weighted by Crippen LogP contribution is -2.39. The van der Waals surface area contributed by atoms with Crippen LogP contribution < -0.4 is 4.90 Å². The van der Waals surface area contributed by atoms with Crippen LogP contribution in [-0.4, -0.2) is 28.4 Å². The summed E-state index contributed by atoms with van der Waals surface area (Å²) in [5.41, 5.74) is 0. The van der Waals surface area contributed by atoms with Crippen LogP contribution in [0.1, 0.15) is 26.7 Å². The first kappa shape index (κ1) is 11.2. The van der Waals surface area contributed by atoms with Gasteiger partial charge in [-0.2, -0.15) is 0 Å². The summed E-state index contributed by atoms with van der Waals surface area (Å²) in [4.78, 5) is 18.0. The van der Waals surface area contributed by atoms with Gasteiger partial charge in [0.25, 0.3) is 0 Å². The van der Waals surface area contributed by atoms with Crippen LogP contribution in [0.25, 0.3) is 0 Å². The number of Topliss-reactive ketones (excluding diaryl/α,β-unsaturated/α-hetero) is 1. The Bertz CT molecular complexity index is 372. The fourth-order valence-corrected chi connectivity index (χ4v) is 2.32. The number of rotatable bonds is 3. The normalized spacial score (nSPS) is 21.1. The van der Waals surface area contributed by atoms with Crippen molar-refractivity contribution in [2.45, 2.75) is 33.2 Å². The Morgan fingerprint density at radius 2 is 2.44 bits per heavy atom. The van der Waals surface area contributed by atoms with Gasteiger partial charge in [0.15, 0.2) is 0 Å². The highest BCUT2D eigenvalue weighted by Gasteiger charge is 2.25. The molecule has 0 N–H and O–H groups in total. The minimum atomic E-state index is 0.191. The number of hydrogen-bond donors (Lipinski definition) is 0. The average Bonchev–Trinajstić information content (AvgIpc) is 2.77. The molecule has 0 amide bonds. The standard InChI is InChI=1S/C12H19N3O/c1-3-14-8-6-13-12(14)15-7-4-5-11(9-15)10(2)16/h6,8,11H,3-5,7,9H2,1-2H3. The maximum Gasteiger partial charge on any atom is 0.205 e. The quantitative estimate of drug-likeness (QED) is 0.780. The molecule has 2 rings (SSSR count). The van der Waals surface area contributed by atoms with E-state index < -0.39 is 0 Å².